The summed E-state index contributed by atoms with van der Waals surface area (Å²) in [6, 6.07) is 8.13. The lowest BCUT2D eigenvalue weighted by atomic mass is 9.76. The van der Waals surface area contributed by atoms with E-state index in [0.29, 0.717) is 5.57 Å². The van der Waals surface area contributed by atoms with E-state index in [1.54, 1.807) is 32.0 Å². The van der Waals surface area contributed by atoms with Gasteiger partial charge in [0.15, 0.2) is 0 Å². The number of nitrogens with zero attached hydrogens (tertiary/aromatic N) is 1. The third-order valence-corrected chi connectivity index (χ3v) is 6.58. The first kappa shape index (κ1) is 30.3. The topological polar surface area (TPSA) is 117 Å². The maximum Gasteiger partial charge on any atom is 0.260 e. The lowest BCUT2D eigenvalue weighted by Crippen LogP contribution is -2.61. The summed E-state index contributed by atoms with van der Waals surface area (Å²) in [5.74, 6) is 4.41. The molecule has 196 valence electrons. The first-order valence-corrected chi connectivity index (χ1v) is 12.1. The number of likely N-dealkylation sites (N-methyl/N-ethyl adjacent to an activating group) is 2. The Kier molecular flexibility index (Phi) is 10.7. The van der Waals surface area contributed by atoms with Gasteiger partial charge in [-0.25, -0.2) is 5.84 Å². The van der Waals surface area contributed by atoms with Gasteiger partial charge in [0.05, 0.1) is 12.1 Å². The molecule has 5 N–H and O–H groups in total. The van der Waals surface area contributed by atoms with Crippen LogP contribution in [0.4, 0.5) is 0 Å². The van der Waals surface area contributed by atoms with Crippen molar-refractivity contribution in [2.45, 2.75) is 78.9 Å². The lowest BCUT2D eigenvalue weighted by molar-refractivity contribution is -0.140. The van der Waals surface area contributed by atoms with E-state index in [9.17, 15) is 14.4 Å². The SMILES string of the molecule is CN[C@H](C(=O)NC(C(=O)N(C)[C@H](/C=C(\C)C(=O)NN)C(C)C)C(C)(C)C)C(C)(C)c1ccccc1. The van der Waals surface area contributed by atoms with Crippen molar-refractivity contribution >= 4 is 17.7 Å². The molecule has 1 aromatic rings. The summed E-state index contributed by atoms with van der Waals surface area (Å²) in [5, 5.41) is 6.18. The quantitative estimate of drug-likeness (QED) is 0.175. The summed E-state index contributed by atoms with van der Waals surface area (Å²) in [6.45, 7) is 15.4. The van der Waals surface area contributed by atoms with Crippen molar-refractivity contribution in [1.82, 2.24) is 21.0 Å². The van der Waals surface area contributed by atoms with Crippen molar-refractivity contribution < 1.29 is 14.4 Å². The van der Waals surface area contributed by atoms with Gasteiger partial charge in [0.1, 0.15) is 6.04 Å². The second-order valence-corrected chi connectivity index (χ2v) is 11.1. The Morgan fingerprint density at radius 1 is 1.00 bits per heavy atom. The molecule has 8 nitrogen and oxygen atoms in total. The Labute approximate surface area is 211 Å². The second kappa shape index (κ2) is 12.3. The molecule has 0 spiro atoms. The van der Waals surface area contributed by atoms with Gasteiger partial charge in [0.25, 0.3) is 5.91 Å². The Balaban J connectivity index is 3.29. The van der Waals surface area contributed by atoms with Crippen LogP contribution >= 0.6 is 0 Å². The van der Waals surface area contributed by atoms with Crippen molar-refractivity contribution in [1.29, 1.82) is 0 Å². The Morgan fingerprint density at radius 2 is 1.54 bits per heavy atom. The molecule has 8 heteroatoms. The van der Waals surface area contributed by atoms with E-state index < -0.39 is 28.8 Å². The zero-order chi connectivity index (χ0) is 27.1. The Bertz CT molecular complexity index is 903. The van der Waals surface area contributed by atoms with Crippen molar-refractivity contribution in [3.8, 4) is 0 Å². The molecule has 1 aromatic carbocycles. The summed E-state index contributed by atoms with van der Waals surface area (Å²) in [7, 11) is 3.45. The monoisotopic (exact) mass is 487 g/mol. The maximum absolute atomic E-state index is 13.8. The number of benzene rings is 1. The van der Waals surface area contributed by atoms with E-state index in [-0.39, 0.29) is 23.8 Å². The van der Waals surface area contributed by atoms with Crippen LogP contribution in [-0.2, 0) is 19.8 Å². The van der Waals surface area contributed by atoms with Gasteiger partial charge < -0.3 is 15.5 Å². The predicted octanol–water partition coefficient (Wildman–Crippen LogP) is 2.50. The fourth-order valence-corrected chi connectivity index (χ4v) is 4.28. The van der Waals surface area contributed by atoms with Crippen molar-refractivity contribution in [2.75, 3.05) is 14.1 Å². The number of nitrogens with two attached hydrogens (primary N) is 1. The zero-order valence-corrected chi connectivity index (χ0v) is 23.0. The van der Waals surface area contributed by atoms with Crippen LogP contribution in [-0.4, -0.2) is 54.8 Å². The van der Waals surface area contributed by atoms with Crippen LogP contribution in [0, 0.1) is 11.3 Å². The molecule has 1 rings (SSSR count). The average Bonchev–Trinajstić information content (AvgIpc) is 2.79. The molecular weight excluding hydrogens is 442 g/mol. The molecule has 0 radical (unpaired) electrons. The van der Waals surface area contributed by atoms with Gasteiger partial charge in [-0.1, -0.05) is 84.9 Å². The summed E-state index contributed by atoms with van der Waals surface area (Å²) in [4.78, 5) is 40.9. The average molecular weight is 488 g/mol. The molecule has 0 aliphatic rings. The minimum atomic E-state index is -0.777. The van der Waals surface area contributed by atoms with E-state index in [1.807, 2.05) is 78.8 Å². The molecule has 0 aromatic heterocycles. The van der Waals surface area contributed by atoms with Gasteiger partial charge >= 0.3 is 0 Å². The van der Waals surface area contributed by atoms with Crippen LogP contribution in [0.25, 0.3) is 0 Å². The third-order valence-electron chi connectivity index (χ3n) is 6.58. The number of rotatable bonds is 10. The molecule has 3 amide bonds. The summed E-state index contributed by atoms with van der Waals surface area (Å²) >= 11 is 0. The zero-order valence-electron chi connectivity index (χ0n) is 23.0. The largest absolute Gasteiger partial charge is 0.342 e. The maximum atomic E-state index is 13.8. The highest BCUT2D eigenvalue weighted by molar-refractivity contribution is 5.93. The van der Waals surface area contributed by atoms with Gasteiger partial charge in [-0.2, -0.15) is 0 Å². The minimum absolute atomic E-state index is 0.0304. The van der Waals surface area contributed by atoms with Crippen molar-refractivity contribution in [2.24, 2.45) is 17.2 Å². The number of carbonyl (C=O) groups is 3. The van der Waals surface area contributed by atoms with Crippen LogP contribution in [0.2, 0.25) is 0 Å². The van der Waals surface area contributed by atoms with Crippen LogP contribution in [0.15, 0.2) is 42.0 Å². The fraction of sp³-hybridized carbons (Fsp3) is 0.593. The summed E-state index contributed by atoms with van der Waals surface area (Å²) in [5.41, 5.74) is 2.49. The van der Waals surface area contributed by atoms with Crippen LogP contribution in [0.3, 0.4) is 0 Å². The van der Waals surface area contributed by atoms with E-state index >= 15 is 0 Å². The molecule has 0 fully saturated rings. The number of hydrogen-bond acceptors (Lipinski definition) is 5. The van der Waals surface area contributed by atoms with Crippen LogP contribution < -0.4 is 21.9 Å². The molecule has 0 aliphatic carbocycles. The summed E-state index contributed by atoms with van der Waals surface area (Å²) < 4.78 is 0. The molecule has 0 saturated carbocycles. The van der Waals surface area contributed by atoms with Gasteiger partial charge in [-0.05, 0) is 30.9 Å². The number of nitrogens with one attached hydrogen (secondary N) is 3. The third kappa shape index (κ3) is 7.64. The minimum Gasteiger partial charge on any atom is -0.342 e. The molecule has 0 heterocycles. The number of hydrogen-bond donors (Lipinski definition) is 4. The second-order valence-electron chi connectivity index (χ2n) is 11.1. The van der Waals surface area contributed by atoms with E-state index in [0.717, 1.165) is 5.56 Å². The highest BCUT2D eigenvalue weighted by Gasteiger charge is 2.41. The molecule has 0 saturated heterocycles. The fourth-order valence-electron chi connectivity index (χ4n) is 4.28. The summed E-state index contributed by atoms with van der Waals surface area (Å²) in [6.07, 6.45) is 1.74. The highest BCUT2D eigenvalue weighted by atomic mass is 16.2. The van der Waals surface area contributed by atoms with E-state index in [2.05, 4.69) is 16.1 Å². The van der Waals surface area contributed by atoms with Crippen molar-refractivity contribution in [3.63, 3.8) is 0 Å². The van der Waals surface area contributed by atoms with Gasteiger partial charge in [-0.15, -0.1) is 0 Å². The number of hydrazine groups is 1. The Hall–Kier alpha value is -2.71. The molecule has 35 heavy (non-hydrogen) atoms. The van der Waals surface area contributed by atoms with Crippen LogP contribution in [0.1, 0.15) is 61.0 Å². The highest BCUT2D eigenvalue weighted by Crippen LogP contribution is 2.29. The molecule has 3 atom stereocenters. The number of amides is 3. The molecule has 1 unspecified atom stereocenters. The smallest absolute Gasteiger partial charge is 0.260 e. The van der Waals surface area contributed by atoms with E-state index in [4.69, 9.17) is 5.84 Å². The predicted molar refractivity (Wildman–Crippen MR) is 141 cm³/mol. The molecule has 0 bridgehead atoms. The van der Waals surface area contributed by atoms with Gasteiger partial charge in [-0.3, -0.25) is 19.8 Å². The Morgan fingerprint density at radius 3 is 1.97 bits per heavy atom. The molecular formula is C27H45N5O3. The van der Waals surface area contributed by atoms with Gasteiger partial charge in [0, 0.05) is 18.0 Å². The standard InChI is InChI=1S/C27H45N5O3/c1-17(2)20(16-18(3)23(33)31-28)32(10)25(35)22(26(4,5)6)30-24(34)21(29-9)27(7,8)19-14-12-11-13-15-19/h11-17,20-22,29H,28H2,1-10H3,(H,30,34)(H,31,33)/b18-16+/t20-,21-,22?/m1/s1. The van der Waals surface area contributed by atoms with E-state index in [1.165, 1.54) is 0 Å². The molecule has 0 aliphatic heterocycles. The van der Waals surface area contributed by atoms with Crippen molar-refractivity contribution in [3.05, 3.63) is 47.5 Å². The first-order valence-electron chi connectivity index (χ1n) is 12.1. The van der Waals surface area contributed by atoms with Crippen LogP contribution in [0.5, 0.6) is 0 Å². The first-order chi connectivity index (χ1) is 16.1. The van der Waals surface area contributed by atoms with Gasteiger partial charge in [0.2, 0.25) is 11.8 Å². The number of carbonyl (C=O) groups excluding carboxylic acids is 3. The lowest BCUT2D eigenvalue weighted by Gasteiger charge is -2.40. The normalized spacial score (nSPS) is 15.3.